The minimum absolute atomic E-state index is 0.890. The van der Waals surface area contributed by atoms with Crippen LogP contribution in [0.3, 0.4) is 0 Å². The van der Waals surface area contributed by atoms with E-state index in [1.807, 2.05) is 18.2 Å². The van der Waals surface area contributed by atoms with Crippen LogP contribution in [-0.2, 0) is 6.42 Å². The lowest BCUT2D eigenvalue weighted by Gasteiger charge is -1.96. The molecule has 1 aliphatic rings. The van der Waals surface area contributed by atoms with Gasteiger partial charge in [-0.25, -0.2) is 0 Å². The summed E-state index contributed by atoms with van der Waals surface area (Å²) in [6, 6.07) is 5.84. The zero-order valence-corrected chi connectivity index (χ0v) is 7.17. The Morgan fingerprint density at radius 3 is 2.42 bits per heavy atom. The first-order valence-corrected chi connectivity index (χ1v) is 4.38. The lowest BCUT2D eigenvalue weighted by molar-refractivity contribution is -0.0846. The molecule has 0 spiro atoms. The Morgan fingerprint density at radius 2 is 1.83 bits per heavy atom. The SMILES string of the molecule is CCCCc1c2cccc1OO2. The van der Waals surface area contributed by atoms with E-state index in [2.05, 4.69) is 6.92 Å². The summed E-state index contributed by atoms with van der Waals surface area (Å²) in [4.78, 5) is 10.0. The Labute approximate surface area is 72.0 Å². The Hall–Kier alpha value is -1.18. The predicted molar refractivity (Wildman–Crippen MR) is 46.3 cm³/mol. The van der Waals surface area contributed by atoms with Crippen LogP contribution in [0.25, 0.3) is 0 Å². The molecule has 0 aromatic heterocycles. The molecule has 12 heavy (non-hydrogen) atoms. The number of fused-ring (bicyclic) bond motifs is 2. The highest BCUT2D eigenvalue weighted by atomic mass is 17.2. The second kappa shape index (κ2) is 3.05. The van der Waals surface area contributed by atoms with Crippen molar-refractivity contribution in [3.05, 3.63) is 23.8 Å². The van der Waals surface area contributed by atoms with Crippen molar-refractivity contribution < 1.29 is 9.78 Å². The van der Waals surface area contributed by atoms with Gasteiger partial charge in [0.1, 0.15) is 0 Å². The van der Waals surface area contributed by atoms with Gasteiger partial charge in [0.15, 0.2) is 11.5 Å². The van der Waals surface area contributed by atoms with Crippen LogP contribution in [-0.4, -0.2) is 0 Å². The normalized spacial score (nSPS) is 12.4. The molecule has 1 aromatic carbocycles. The number of unbranched alkanes of at least 4 members (excludes halogenated alkanes) is 1. The summed E-state index contributed by atoms with van der Waals surface area (Å²) >= 11 is 0. The molecule has 0 unspecified atom stereocenters. The maximum Gasteiger partial charge on any atom is 0.185 e. The fraction of sp³-hybridized carbons (Fsp3) is 0.400. The van der Waals surface area contributed by atoms with Crippen LogP contribution in [0.15, 0.2) is 18.2 Å². The van der Waals surface area contributed by atoms with E-state index < -0.39 is 0 Å². The quantitative estimate of drug-likeness (QED) is 0.639. The minimum Gasteiger partial charge on any atom is -0.290 e. The zero-order valence-electron chi connectivity index (χ0n) is 7.17. The van der Waals surface area contributed by atoms with Gasteiger partial charge in [0, 0.05) is 5.56 Å². The summed E-state index contributed by atoms with van der Waals surface area (Å²) in [5.41, 5.74) is 1.22. The second-order valence-electron chi connectivity index (χ2n) is 3.00. The van der Waals surface area contributed by atoms with Gasteiger partial charge in [-0.15, -0.1) is 0 Å². The molecule has 2 rings (SSSR count). The first-order chi connectivity index (χ1) is 5.92. The highest BCUT2D eigenvalue weighted by Crippen LogP contribution is 2.35. The minimum atomic E-state index is 0.890. The third-order valence-electron chi connectivity index (χ3n) is 2.09. The average Bonchev–Trinajstić information content (AvgIpc) is 2.36. The molecule has 1 aliphatic heterocycles. The fourth-order valence-electron chi connectivity index (χ4n) is 1.39. The molecule has 0 saturated carbocycles. The zero-order chi connectivity index (χ0) is 8.39. The van der Waals surface area contributed by atoms with E-state index in [-0.39, 0.29) is 0 Å². The maximum absolute atomic E-state index is 5.01. The Morgan fingerprint density at radius 1 is 1.17 bits per heavy atom. The molecule has 0 aliphatic carbocycles. The fourth-order valence-corrected chi connectivity index (χ4v) is 1.39. The summed E-state index contributed by atoms with van der Waals surface area (Å²) < 4.78 is 0. The molecule has 1 heterocycles. The lowest BCUT2D eigenvalue weighted by Crippen LogP contribution is -1.89. The Kier molecular flexibility index (Phi) is 1.90. The van der Waals surface area contributed by atoms with Crippen LogP contribution in [0.5, 0.6) is 11.5 Å². The molecule has 0 fully saturated rings. The summed E-state index contributed by atoms with van der Waals surface area (Å²) in [7, 11) is 0. The van der Waals surface area contributed by atoms with Crippen molar-refractivity contribution in [3.63, 3.8) is 0 Å². The van der Waals surface area contributed by atoms with Crippen LogP contribution >= 0.6 is 0 Å². The largest absolute Gasteiger partial charge is 0.290 e. The van der Waals surface area contributed by atoms with Gasteiger partial charge in [-0.05, 0) is 25.0 Å². The summed E-state index contributed by atoms with van der Waals surface area (Å²) in [5.74, 6) is 1.78. The van der Waals surface area contributed by atoms with Gasteiger partial charge in [0.05, 0.1) is 0 Å². The standard InChI is InChI=1S/C10H12O2/c1-2-3-5-8-9-6-4-7-10(8)12-11-9/h4,6-7H,2-3,5H2,1H3. The van der Waals surface area contributed by atoms with Crippen LogP contribution in [0, 0.1) is 0 Å². The van der Waals surface area contributed by atoms with Crippen LogP contribution in [0.1, 0.15) is 25.3 Å². The molecule has 2 bridgehead atoms. The topological polar surface area (TPSA) is 18.5 Å². The molecule has 64 valence electrons. The number of hydrogen-bond donors (Lipinski definition) is 0. The second-order valence-corrected chi connectivity index (χ2v) is 3.00. The van der Waals surface area contributed by atoms with Gasteiger partial charge in [-0.3, -0.25) is 9.78 Å². The van der Waals surface area contributed by atoms with Crippen molar-refractivity contribution in [1.82, 2.24) is 0 Å². The summed E-state index contributed by atoms with van der Waals surface area (Å²) in [6.45, 7) is 2.18. The van der Waals surface area contributed by atoms with Crippen LogP contribution < -0.4 is 9.78 Å². The smallest absolute Gasteiger partial charge is 0.185 e. The van der Waals surface area contributed by atoms with Gasteiger partial charge >= 0.3 is 0 Å². The van der Waals surface area contributed by atoms with Gasteiger partial charge in [0.2, 0.25) is 0 Å². The van der Waals surface area contributed by atoms with Crippen molar-refractivity contribution in [1.29, 1.82) is 0 Å². The Balaban J connectivity index is 2.21. The Bertz CT molecular complexity index is 259. The molecule has 0 atom stereocenters. The van der Waals surface area contributed by atoms with Crippen molar-refractivity contribution in [2.24, 2.45) is 0 Å². The van der Waals surface area contributed by atoms with Crippen molar-refractivity contribution in [2.45, 2.75) is 26.2 Å². The van der Waals surface area contributed by atoms with E-state index in [0.29, 0.717) is 0 Å². The van der Waals surface area contributed by atoms with E-state index >= 15 is 0 Å². The molecular formula is C10H12O2. The lowest BCUT2D eigenvalue weighted by atomic mass is 10.1. The molecule has 0 saturated heterocycles. The molecule has 0 N–H and O–H groups in total. The monoisotopic (exact) mass is 164 g/mol. The number of rotatable bonds is 3. The number of hydrogen-bond acceptors (Lipinski definition) is 2. The summed E-state index contributed by atoms with van der Waals surface area (Å²) in [5, 5.41) is 0. The van der Waals surface area contributed by atoms with E-state index in [9.17, 15) is 0 Å². The van der Waals surface area contributed by atoms with E-state index in [1.165, 1.54) is 18.4 Å². The first-order valence-electron chi connectivity index (χ1n) is 4.38. The number of benzene rings is 1. The van der Waals surface area contributed by atoms with Crippen molar-refractivity contribution in [3.8, 4) is 11.5 Å². The molecule has 0 amide bonds. The van der Waals surface area contributed by atoms with Crippen molar-refractivity contribution in [2.75, 3.05) is 0 Å². The van der Waals surface area contributed by atoms with Gasteiger partial charge < -0.3 is 0 Å². The molecule has 1 aromatic rings. The van der Waals surface area contributed by atoms with Crippen molar-refractivity contribution >= 4 is 0 Å². The summed E-state index contributed by atoms with van der Waals surface area (Å²) in [6.07, 6.45) is 3.45. The molecular weight excluding hydrogens is 152 g/mol. The highest BCUT2D eigenvalue weighted by molar-refractivity contribution is 5.47. The maximum atomic E-state index is 5.01. The molecule has 2 heteroatoms. The molecule has 2 nitrogen and oxygen atoms in total. The first kappa shape index (κ1) is 7.47. The third kappa shape index (κ3) is 1.13. The van der Waals surface area contributed by atoms with Crippen LogP contribution in [0.4, 0.5) is 0 Å². The average molecular weight is 164 g/mol. The molecule has 0 radical (unpaired) electrons. The predicted octanol–water partition coefficient (Wildman–Crippen LogP) is 2.72. The van der Waals surface area contributed by atoms with Gasteiger partial charge in [-0.2, -0.15) is 0 Å². The van der Waals surface area contributed by atoms with Gasteiger partial charge in [0.25, 0.3) is 0 Å². The highest BCUT2D eigenvalue weighted by Gasteiger charge is 2.18. The van der Waals surface area contributed by atoms with Crippen LogP contribution in [0.2, 0.25) is 0 Å². The van der Waals surface area contributed by atoms with E-state index in [0.717, 1.165) is 17.9 Å². The third-order valence-corrected chi connectivity index (χ3v) is 2.09. The van der Waals surface area contributed by atoms with E-state index in [4.69, 9.17) is 9.78 Å². The van der Waals surface area contributed by atoms with Gasteiger partial charge in [-0.1, -0.05) is 19.4 Å². The van der Waals surface area contributed by atoms with E-state index in [1.54, 1.807) is 0 Å².